The molecule has 2 amide bonds. The molecule has 94 valence electrons. The van der Waals surface area contributed by atoms with E-state index in [1.807, 2.05) is 20.8 Å². The summed E-state index contributed by atoms with van der Waals surface area (Å²) in [6.45, 7) is 6.58. The molecule has 5 nitrogen and oxygen atoms in total. The van der Waals surface area contributed by atoms with Crippen molar-refractivity contribution in [1.82, 2.24) is 10.2 Å². The zero-order valence-corrected chi connectivity index (χ0v) is 10.5. The van der Waals surface area contributed by atoms with Gasteiger partial charge in [-0.25, -0.2) is 4.79 Å². The molecular formula is C11H22N2O3. The van der Waals surface area contributed by atoms with Crippen molar-refractivity contribution in [3.63, 3.8) is 0 Å². The largest absolute Gasteiger partial charge is 0.481 e. The maximum Gasteiger partial charge on any atom is 0.317 e. The summed E-state index contributed by atoms with van der Waals surface area (Å²) < 4.78 is 0. The summed E-state index contributed by atoms with van der Waals surface area (Å²) in [5.74, 6) is -0.415. The van der Waals surface area contributed by atoms with Crippen LogP contribution in [0.15, 0.2) is 0 Å². The van der Waals surface area contributed by atoms with E-state index in [1.54, 1.807) is 11.9 Å². The molecule has 5 heteroatoms. The van der Waals surface area contributed by atoms with Crippen LogP contribution in [0.25, 0.3) is 0 Å². The van der Waals surface area contributed by atoms with Crippen molar-refractivity contribution in [2.45, 2.75) is 39.7 Å². The van der Waals surface area contributed by atoms with Crippen LogP contribution in [0.2, 0.25) is 0 Å². The van der Waals surface area contributed by atoms with Crippen molar-refractivity contribution >= 4 is 12.0 Å². The zero-order valence-electron chi connectivity index (χ0n) is 10.5. The number of urea groups is 1. The molecule has 1 unspecified atom stereocenters. The van der Waals surface area contributed by atoms with E-state index in [0.717, 1.165) is 0 Å². The third-order valence-corrected chi connectivity index (χ3v) is 2.15. The molecular weight excluding hydrogens is 208 g/mol. The zero-order chi connectivity index (χ0) is 12.7. The molecule has 1 atom stereocenters. The molecule has 0 aromatic heterocycles. The fourth-order valence-corrected chi connectivity index (χ4v) is 1.36. The van der Waals surface area contributed by atoms with E-state index in [0.29, 0.717) is 18.9 Å². The van der Waals surface area contributed by atoms with E-state index in [-0.39, 0.29) is 18.5 Å². The number of nitrogens with zero attached hydrogens (tertiary/aromatic N) is 1. The molecule has 0 aliphatic carbocycles. The summed E-state index contributed by atoms with van der Waals surface area (Å²) >= 11 is 0. The lowest BCUT2D eigenvalue weighted by Gasteiger charge is -2.22. The molecule has 0 fully saturated rings. The van der Waals surface area contributed by atoms with Gasteiger partial charge in [0.1, 0.15) is 0 Å². The van der Waals surface area contributed by atoms with Crippen LogP contribution in [0, 0.1) is 5.92 Å². The van der Waals surface area contributed by atoms with Crippen molar-refractivity contribution in [3.05, 3.63) is 0 Å². The minimum Gasteiger partial charge on any atom is -0.481 e. The number of amides is 2. The first-order valence-electron chi connectivity index (χ1n) is 5.56. The molecule has 16 heavy (non-hydrogen) atoms. The van der Waals surface area contributed by atoms with Crippen LogP contribution < -0.4 is 5.32 Å². The van der Waals surface area contributed by atoms with Gasteiger partial charge in [-0.05, 0) is 19.3 Å². The number of carbonyl (C=O) groups is 2. The van der Waals surface area contributed by atoms with Gasteiger partial charge in [-0.2, -0.15) is 0 Å². The van der Waals surface area contributed by atoms with Crippen LogP contribution in [0.5, 0.6) is 0 Å². The number of hydrogen-bond acceptors (Lipinski definition) is 2. The number of hydrogen-bond donors (Lipinski definition) is 2. The predicted molar refractivity (Wildman–Crippen MR) is 62.3 cm³/mol. The Hall–Kier alpha value is -1.26. The van der Waals surface area contributed by atoms with Gasteiger partial charge in [0.05, 0.1) is 0 Å². The summed E-state index contributed by atoms with van der Waals surface area (Å²) in [6.07, 6.45) is 0.534. The van der Waals surface area contributed by atoms with E-state index in [1.165, 1.54) is 0 Å². The van der Waals surface area contributed by atoms with Crippen LogP contribution in [-0.2, 0) is 4.79 Å². The average Bonchev–Trinajstić information content (AvgIpc) is 2.13. The molecule has 0 aliphatic heterocycles. The number of carboxylic acid groups (broad SMARTS) is 1. The molecule has 0 radical (unpaired) electrons. The van der Waals surface area contributed by atoms with E-state index < -0.39 is 5.97 Å². The Morgan fingerprint density at radius 1 is 1.31 bits per heavy atom. The predicted octanol–water partition coefficient (Wildman–Crippen LogP) is 1.54. The molecule has 0 rings (SSSR count). The molecule has 0 aromatic carbocycles. The molecule has 0 aromatic rings. The van der Waals surface area contributed by atoms with Crippen LogP contribution in [0.1, 0.15) is 33.6 Å². The minimum atomic E-state index is -0.836. The first-order valence-corrected chi connectivity index (χ1v) is 5.56. The van der Waals surface area contributed by atoms with Crippen LogP contribution in [-0.4, -0.2) is 41.6 Å². The Labute approximate surface area is 96.8 Å². The Balaban J connectivity index is 3.89. The summed E-state index contributed by atoms with van der Waals surface area (Å²) in [7, 11) is 1.74. The lowest BCUT2D eigenvalue weighted by Crippen LogP contribution is -2.43. The van der Waals surface area contributed by atoms with Gasteiger partial charge in [0.15, 0.2) is 0 Å². The summed E-state index contributed by atoms with van der Waals surface area (Å²) in [6, 6.07) is -0.259. The third kappa shape index (κ3) is 7.09. The standard InChI is InChI=1S/C11H22N2O3/c1-8(2)7-13(4)11(16)12-9(3)5-6-10(14)15/h8-9H,5-7H2,1-4H3,(H,12,16)(H,14,15). The molecule has 0 saturated carbocycles. The summed E-state index contributed by atoms with van der Waals surface area (Å²) in [4.78, 5) is 23.6. The van der Waals surface area contributed by atoms with Crippen molar-refractivity contribution in [2.75, 3.05) is 13.6 Å². The monoisotopic (exact) mass is 230 g/mol. The number of rotatable bonds is 6. The topological polar surface area (TPSA) is 69.6 Å². The van der Waals surface area contributed by atoms with E-state index in [2.05, 4.69) is 5.32 Å². The highest BCUT2D eigenvalue weighted by Crippen LogP contribution is 2.00. The number of nitrogens with one attached hydrogen (secondary N) is 1. The van der Waals surface area contributed by atoms with Gasteiger partial charge in [-0.15, -0.1) is 0 Å². The summed E-state index contributed by atoms with van der Waals surface area (Å²) in [5.41, 5.74) is 0. The van der Waals surface area contributed by atoms with Crippen LogP contribution in [0.3, 0.4) is 0 Å². The molecule has 0 saturated heterocycles. The number of carboxylic acids is 1. The highest BCUT2D eigenvalue weighted by Gasteiger charge is 2.13. The molecule has 0 heterocycles. The van der Waals surface area contributed by atoms with E-state index in [4.69, 9.17) is 5.11 Å². The Kier molecular flexibility index (Phi) is 6.53. The first-order chi connectivity index (χ1) is 7.32. The third-order valence-electron chi connectivity index (χ3n) is 2.15. The normalized spacial score (nSPS) is 12.3. The maximum absolute atomic E-state index is 11.6. The van der Waals surface area contributed by atoms with Gasteiger partial charge in [0.25, 0.3) is 0 Å². The van der Waals surface area contributed by atoms with Gasteiger partial charge in [0, 0.05) is 26.1 Å². The van der Waals surface area contributed by atoms with Gasteiger partial charge in [-0.1, -0.05) is 13.8 Å². The molecule has 0 aliphatic rings. The van der Waals surface area contributed by atoms with Gasteiger partial charge < -0.3 is 15.3 Å². The quantitative estimate of drug-likeness (QED) is 0.727. The van der Waals surface area contributed by atoms with Gasteiger partial charge >= 0.3 is 12.0 Å². The fourth-order valence-electron chi connectivity index (χ4n) is 1.36. The minimum absolute atomic E-state index is 0.0787. The second-order valence-electron chi connectivity index (χ2n) is 4.56. The Morgan fingerprint density at radius 3 is 2.31 bits per heavy atom. The van der Waals surface area contributed by atoms with Gasteiger partial charge in [-0.3, -0.25) is 4.79 Å². The van der Waals surface area contributed by atoms with Crippen LogP contribution in [0.4, 0.5) is 4.79 Å². The first kappa shape index (κ1) is 14.7. The highest BCUT2D eigenvalue weighted by atomic mass is 16.4. The molecule has 0 spiro atoms. The van der Waals surface area contributed by atoms with Crippen molar-refractivity contribution in [3.8, 4) is 0 Å². The maximum atomic E-state index is 11.6. The second-order valence-corrected chi connectivity index (χ2v) is 4.56. The SMILES string of the molecule is CC(C)CN(C)C(=O)NC(C)CCC(=O)O. The molecule has 0 bridgehead atoms. The van der Waals surface area contributed by atoms with Crippen LogP contribution >= 0.6 is 0 Å². The Morgan fingerprint density at radius 2 is 1.88 bits per heavy atom. The van der Waals surface area contributed by atoms with E-state index in [9.17, 15) is 9.59 Å². The van der Waals surface area contributed by atoms with Gasteiger partial charge in [0.2, 0.25) is 0 Å². The molecule has 2 N–H and O–H groups in total. The van der Waals surface area contributed by atoms with Crippen molar-refractivity contribution in [1.29, 1.82) is 0 Å². The second kappa shape index (κ2) is 7.09. The van der Waals surface area contributed by atoms with E-state index >= 15 is 0 Å². The number of carbonyl (C=O) groups excluding carboxylic acids is 1. The Bertz CT molecular complexity index is 241. The summed E-state index contributed by atoms with van der Waals surface area (Å²) in [5, 5.41) is 11.3. The van der Waals surface area contributed by atoms with Crippen molar-refractivity contribution < 1.29 is 14.7 Å². The highest BCUT2D eigenvalue weighted by molar-refractivity contribution is 5.74. The average molecular weight is 230 g/mol. The lowest BCUT2D eigenvalue weighted by molar-refractivity contribution is -0.137. The lowest BCUT2D eigenvalue weighted by atomic mass is 10.2. The smallest absolute Gasteiger partial charge is 0.317 e. The van der Waals surface area contributed by atoms with Crippen molar-refractivity contribution in [2.24, 2.45) is 5.92 Å². The fraction of sp³-hybridized carbons (Fsp3) is 0.818. The number of aliphatic carboxylic acids is 1.